The van der Waals surface area contributed by atoms with Crippen LogP contribution in [0.1, 0.15) is 46.5 Å². The zero-order valence-electron chi connectivity index (χ0n) is 16.4. The minimum Gasteiger partial charge on any atom is -0.475 e. The van der Waals surface area contributed by atoms with Crippen LogP contribution in [0, 0.1) is 34.5 Å². The summed E-state index contributed by atoms with van der Waals surface area (Å²) in [4.78, 5) is 35.7. The van der Waals surface area contributed by atoms with Crippen molar-refractivity contribution in [2.24, 2.45) is 34.5 Å². The van der Waals surface area contributed by atoms with E-state index in [1.54, 1.807) is 13.0 Å². The van der Waals surface area contributed by atoms with Gasteiger partial charge in [0.2, 0.25) is 5.78 Å². The number of aliphatic carboxylic acids is 1. The number of allylic oxidation sites excluding steroid dienone is 4. The van der Waals surface area contributed by atoms with Crippen LogP contribution in [0.2, 0.25) is 0 Å². The monoisotopic (exact) mass is 390 g/mol. The van der Waals surface area contributed by atoms with E-state index in [9.17, 15) is 24.6 Å². The highest BCUT2D eigenvalue weighted by Crippen LogP contribution is 2.69. The Morgan fingerprint density at radius 2 is 1.93 bits per heavy atom. The van der Waals surface area contributed by atoms with E-state index in [1.165, 1.54) is 12.2 Å². The molecule has 0 bridgehead atoms. The summed E-state index contributed by atoms with van der Waals surface area (Å²) in [6.45, 7) is 5.46. The van der Waals surface area contributed by atoms with Crippen LogP contribution in [-0.4, -0.2) is 39.5 Å². The number of aliphatic hydroxyl groups is 1. The van der Waals surface area contributed by atoms with Gasteiger partial charge in [-0.15, -0.1) is 0 Å². The van der Waals surface area contributed by atoms with E-state index in [0.29, 0.717) is 24.8 Å². The lowest BCUT2D eigenvalue weighted by molar-refractivity contribution is -0.196. The summed E-state index contributed by atoms with van der Waals surface area (Å²) in [5, 5.41) is 20.4. The highest BCUT2D eigenvalue weighted by atomic mass is 19.1. The topological polar surface area (TPSA) is 91.7 Å². The first-order valence-corrected chi connectivity index (χ1v) is 10.0. The number of hydrogen-bond donors (Lipinski definition) is 2. The Morgan fingerprint density at radius 1 is 1.25 bits per heavy atom. The lowest BCUT2D eigenvalue weighted by Crippen LogP contribution is -2.66. The summed E-state index contributed by atoms with van der Waals surface area (Å²) >= 11 is 0. The molecule has 152 valence electrons. The normalized spacial score (nSPS) is 49.7. The Balaban J connectivity index is 1.80. The van der Waals surface area contributed by atoms with E-state index < -0.39 is 46.2 Å². The Kier molecular flexibility index (Phi) is 4.07. The minimum absolute atomic E-state index is 0.0450. The maximum Gasteiger partial charge on any atom is 0.372 e. The molecule has 0 aromatic carbocycles. The quantitative estimate of drug-likeness (QED) is 0.708. The molecule has 4 rings (SSSR count). The highest BCUT2D eigenvalue weighted by molar-refractivity contribution is 6.33. The molecule has 8 unspecified atom stereocenters. The molecule has 3 saturated carbocycles. The van der Waals surface area contributed by atoms with Gasteiger partial charge in [-0.2, -0.15) is 0 Å². The first-order chi connectivity index (χ1) is 13.0. The van der Waals surface area contributed by atoms with Crippen molar-refractivity contribution in [1.29, 1.82) is 0 Å². The smallest absolute Gasteiger partial charge is 0.372 e. The number of alkyl halides is 1. The van der Waals surface area contributed by atoms with Gasteiger partial charge in [-0.25, -0.2) is 9.18 Å². The molecular formula is C22H27FO5. The molecule has 0 aromatic heterocycles. The van der Waals surface area contributed by atoms with Crippen molar-refractivity contribution in [3.8, 4) is 0 Å². The number of aliphatic hydroxyl groups excluding tert-OH is 1. The van der Waals surface area contributed by atoms with Crippen LogP contribution in [0.5, 0.6) is 0 Å². The van der Waals surface area contributed by atoms with Gasteiger partial charge in [-0.3, -0.25) is 9.59 Å². The van der Waals surface area contributed by atoms with Crippen LogP contribution in [-0.2, 0) is 14.4 Å². The van der Waals surface area contributed by atoms with Crippen LogP contribution >= 0.6 is 0 Å². The molecular weight excluding hydrogens is 363 g/mol. The standard InChI is InChI=1S/C22H27FO5/c1-11-8-15-14-5-4-12-9-13(24)6-7-21(12,3)22(14,23)16(25)10-20(15,2)17(11)18(26)19(27)28/h6-7,9,11,14-17,25H,4-5,8,10H2,1-3H3,(H,27,28). The fraction of sp³-hybridized carbons (Fsp3) is 0.682. The van der Waals surface area contributed by atoms with Crippen molar-refractivity contribution >= 4 is 17.5 Å². The van der Waals surface area contributed by atoms with Crippen LogP contribution in [0.4, 0.5) is 4.39 Å². The molecule has 4 aliphatic carbocycles. The second-order valence-electron chi connectivity index (χ2n) is 9.71. The minimum atomic E-state index is -1.95. The summed E-state index contributed by atoms with van der Waals surface area (Å²) in [6.07, 6.45) is 4.80. The Labute approximate surface area is 163 Å². The van der Waals surface area contributed by atoms with Gasteiger partial charge in [0.05, 0.1) is 6.10 Å². The number of fused-ring (bicyclic) bond motifs is 5. The van der Waals surface area contributed by atoms with Crippen LogP contribution in [0.15, 0.2) is 23.8 Å². The van der Waals surface area contributed by atoms with Gasteiger partial charge in [-0.05, 0) is 62.0 Å². The molecule has 4 aliphatic rings. The van der Waals surface area contributed by atoms with Gasteiger partial charge in [0, 0.05) is 17.3 Å². The Morgan fingerprint density at radius 3 is 2.57 bits per heavy atom. The number of Topliss-reactive ketones (excluding diaryl/α,β-unsaturated/α-hetero) is 1. The number of halogens is 1. The van der Waals surface area contributed by atoms with Crippen molar-refractivity contribution in [2.45, 2.75) is 58.2 Å². The number of carbonyl (C=O) groups excluding carboxylic acids is 2. The summed E-state index contributed by atoms with van der Waals surface area (Å²) < 4.78 is 16.8. The first-order valence-electron chi connectivity index (χ1n) is 10.0. The molecule has 0 aromatic rings. The van der Waals surface area contributed by atoms with Crippen LogP contribution < -0.4 is 0 Å². The molecule has 5 nitrogen and oxygen atoms in total. The van der Waals surface area contributed by atoms with Crippen molar-refractivity contribution in [3.63, 3.8) is 0 Å². The Bertz CT molecular complexity index is 831. The molecule has 0 saturated heterocycles. The summed E-state index contributed by atoms with van der Waals surface area (Å²) in [7, 11) is 0. The van der Waals surface area contributed by atoms with Crippen LogP contribution in [0.25, 0.3) is 0 Å². The summed E-state index contributed by atoms with van der Waals surface area (Å²) in [5.74, 6) is -4.03. The largest absolute Gasteiger partial charge is 0.475 e. The summed E-state index contributed by atoms with van der Waals surface area (Å²) in [5.41, 5.74) is -3.05. The van der Waals surface area contributed by atoms with Crippen molar-refractivity contribution in [2.75, 3.05) is 0 Å². The van der Waals surface area contributed by atoms with E-state index >= 15 is 4.39 Å². The molecule has 0 heterocycles. The zero-order valence-corrected chi connectivity index (χ0v) is 16.4. The lowest BCUT2D eigenvalue weighted by Gasteiger charge is -2.61. The number of carboxylic acids is 1. The van der Waals surface area contributed by atoms with Gasteiger partial charge in [-0.1, -0.05) is 25.5 Å². The molecule has 2 N–H and O–H groups in total. The maximum absolute atomic E-state index is 16.8. The van der Waals surface area contributed by atoms with E-state index in [2.05, 4.69) is 0 Å². The fourth-order valence-corrected chi connectivity index (χ4v) is 7.27. The first kappa shape index (κ1) is 19.5. The molecule has 0 amide bonds. The molecule has 8 atom stereocenters. The van der Waals surface area contributed by atoms with Gasteiger partial charge < -0.3 is 10.2 Å². The summed E-state index contributed by atoms with van der Waals surface area (Å²) in [6, 6.07) is 0. The van der Waals surface area contributed by atoms with Crippen molar-refractivity contribution < 1.29 is 29.0 Å². The second kappa shape index (κ2) is 5.85. The number of carbonyl (C=O) groups is 3. The fourth-order valence-electron chi connectivity index (χ4n) is 7.27. The predicted molar refractivity (Wildman–Crippen MR) is 99.0 cm³/mol. The average molecular weight is 390 g/mol. The van der Waals surface area contributed by atoms with Crippen molar-refractivity contribution in [1.82, 2.24) is 0 Å². The molecule has 0 spiro atoms. The third-order valence-corrected chi connectivity index (χ3v) is 8.47. The second-order valence-corrected chi connectivity index (χ2v) is 9.71. The number of carboxylic acid groups (broad SMARTS) is 1. The SMILES string of the molecule is CC1CC2C3CCC4=CC(=O)C=CC4(C)C3(F)C(O)CC2(C)C1C(=O)C(=O)O. The molecule has 28 heavy (non-hydrogen) atoms. The maximum atomic E-state index is 16.8. The van der Waals surface area contributed by atoms with E-state index in [0.717, 1.165) is 0 Å². The van der Waals surface area contributed by atoms with Gasteiger partial charge >= 0.3 is 5.97 Å². The third-order valence-electron chi connectivity index (χ3n) is 8.47. The molecule has 3 fully saturated rings. The Hall–Kier alpha value is -1.82. The van der Waals surface area contributed by atoms with Gasteiger partial charge in [0.25, 0.3) is 0 Å². The number of ketones is 2. The van der Waals surface area contributed by atoms with Crippen LogP contribution in [0.3, 0.4) is 0 Å². The molecule has 6 heteroatoms. The zero-order chi connectivity index (χ0) is 20.6. The van der Waals surface area contributed by atoms with Crippen molar-refractivity contribution in [3.05, 3.63) is 23.8 Å². The molecule has 0 radical (unpaired) electrons. The van der Waals surface area contributed by atoms with Gasteiger partial charge in [0.1, 0.15) is 0 Å². The number of rotatable bonds is 2. The number of hydrogen-bond acceptors (Lipinski definition) is 4. The lowest BCUT2D eigenvalue weighted by atomic mass is 9.45. The van der Waals surface area contributed by atoms with E-state index in [4.69, 9.17) is 0 Å². The van der Waals surface area contributed by atoms with E-state index in [1.807, 2.05) is 13.8 Å². The van der Waals surface area contributed by atoms with Gasteiger partial charge in [0.15, 0.2) is 11.5 Å². The average Bonchev–Trinajstić information content (AvgIpc) is 2.86. The predicted octanol–water partition coefficient (Wildman–Crippen LogP) is 2.87. The molecule has 0 aliphatic heterocycles. The third kappa shape index (κ3) is 2.18. The van der Waals surface area contributed by atoms with E-state index in [-0.39, 0.29) is 24.0 Å². The highest BCUT2D eigenvalue weighted by Gasteiger charge is 2.72.